The van der Waals surface area contributed by atoms with Gasteiger partial charge in [-0.1, -0.05) is 40.9 Å². The standard InChI is InChI=1S/C27H39NO4S2/c1-9-33-14-11-12-20(29)16-26(5,6)22-18(3)25(32)23(19(4)24(22)31)27(7,8)17-21(30)28-13-15-34-10-2/h9-10H,1-2,11-17H2,3-8H3,(H,28,30). The summed E-state index contributed by atoms with van der Waals surface area (Å²) in [6, 6.07) is 0. The normalized spacial score (nSPS) is 15.0. The van der Waals surface area contributed by atoms with Crippen LogP contribution in [0.5, 0.6) is 0 Å². The summed E-state index contributed by atoms with van der Waals surface area (Å²) in [6.45, 7) is 18.5. The van der Waals surface area contributed by atoms with Gasteiger partial charge in [0.05, 0.1) is 0 Å². The summed E-state index contributed by atoms with van der Waals surface area (Å²) in [7, 11) is 0. The minimum absolute atomic E-state index is 0.0780. The molecule has 0 aliphatic heterocycles. The summed E-state index contributed by atoms with van der Waals surface area (Å²) >= 11 is 3.09. The Labute approximate surface area is 213 Å². The quantitative estimate of drug-likeness (QED) is 0.223. The molecule has 7 heteroatoms. The van der Waals surface area contributed by atoms with Crippen molar-refractivity contribution in [1.82, 2.24) is 5.32 Å². The number of hydrogen-bond donors (Lipinski definition) is 1. The van der Waals surface area contributed by atoms with Crippen LogP contribution >= 0.6 is 23.5 Å². The molecule has 0 bridgehead atoms. The number of ketones is 3. The van der Waals surface area contributed by atoms with Gasteiger partial charge in [-0.2, -0.15) is 0 Å². The number of carbonyl (C=O) groups excluding carboxylic acids is 4. The van der Waals surface area contributed by atoms with Crippen molar-refractivity contribution in [3.63, 3.8) is 0 Å². The molecule has 0 aromatic rings. The second-order valence-electron chi connectivity index (χ2n) is 9.85. The zero-order valence-electron chi connectivity index (χ0n) is 21.5. The highest BCUT2D eigenvalue weighted by Crippen LogP contribution is 2.44. The molecule has 0 atom stereocenters. The van der Waals surface area contributed by atoms with E-state index in [-0.39, 0.29) is 36.1 Å². The van der Waals surface area contributed by atoms with Crippen LogP contribution in [0, 0.1) is 10.8 Å². The van der Waals surface area contributed by atoms with Crippen molar-refractivity contribution in [2.24, 2.45) is 10.8 Å². The number of Topliss-reactive ketones (excluding diaryl/α,β-unsaturated/α-hetero) is 3. The Hall–Kier alpha value is -1.86. The maximum Gasteiger partial charge on any atom is 0.220 e. The van der Waals surface area contributed by atoms with Crippen LogP contribution in [0.15, 0.2) is 46.3 Å². The number of allylic oxidation sites excluding steroid dienone is 4. The Balaban J connectivity index is 3.06. The van der Waals surface area contributed by atoms with E-state index in [4.69, 9.17) is 0 Å². The largest absolute Gasteiger partial charge is 0.355 e. The molecule has 1 amide bonds. The summed E-state index contributed by atoms with van der Waals surface area (Å²) in [4.78, 5) is 52.1. The Bertz CT molecular complexity index is 836. The van der Waals surface area contributed by atoms with E-state index in [0.29, 0.717) is 35.3 Å². The van der Waals surface area contributed by atoms with E-state index in [1.165, 1.54) is 11.8 Å². The molecule has 0 heterocycles. The first-order valence-electron chi connectivity index (χ1n) is 11.6. The molecule has 0 spiro atoms. The Kier molecular flexibility index (Phi) is 11.8. The zero-order valence-corrected chi connectivity index (χ0v) is 23.1. The third kappa shape index (κ3) is 8.12. The molecule has 5 nitrogen and oxygen atoms in total. The van der Waals surface area contributed by atoms with Gasteiger partial charge in [0.2, 0.25) is 5.91 Å². The van der Waals surface area contributed by atoms with Gasteiger partial charge in [0, 0.05) is 64.7 Å². The SMILES string of the molecule is C=CSCCCC(=O)CC(C)(C)C1=C(C)C(=O)C(C(C)(C)CC(=O)NCCSC=C)=C(C)C1=O. The molecule has 1 N–H and O–H groups in total. The van der Waals surface area contributed by atoms with Crippen molar-refractivity contribution in [1.29, 1.82) is 0 Å². The first kappa shape index (κ1) is 30.2. The number of carbonyl (C=O) groups is 4. The van der Waals surface area contributed by atoms with E-state index in [0.717, 1.165) is 17.9 Å². The van der Waals surface area contributed by atoms with Crippen LogP contribution in [0.3, 0.4) is 0 Å². The minimum atomic E-state index is -0.804. The van der Waals surface area contributed by atoms with E-state index in [1.807, 2.05) is 27.7 Å². The molecule has 0 fully saturated rings. The summed E-state index contributed by atoms with van der Waals surface area (Å²) in [5.41, 5.74) is -0.0132. The molecule has 188 valence electrons. The van der Waals surface area contributed by atoms with Crippen molar-refractivity contribution in [3.8, 4) is 0 Å². The lowest BCUT2D eigenvalue weighted by molar-refractivity contribution is -0.124. The minimum Gasteiger partial charge on any atom is -0.355 e. The number of nitrogens with one attached hydrogen (secondary N) is 1. The van der Waals surface area contributed by atoms with Crippen LogP contribution in [-0.4, -0.2) is 41.3 Å². The van der Waals surface area contributed by atoms with E-state index >= 15 is 0 Å². The molecule has 0 aromatic carbocycles. The van der Waals surface area contributed by atoms with Crippen molar-refractivity contribution in [3.05, 3.63) is 46.3 Å². The molecular formula is C27H39NO4S2. The van der Waals surface area contributed by atoms with Gasteiger partial charge in [0.1, 0.15) is 5.78 Å². The van der Waals surface area contributed by atoms with Gasteiger partial charge in [0.15, 0.2) is 11.6 Å². The van der Waals surface area contributed by atoms with Gasteiger partial charge < -0.3 is 5.32 Å². The van der Waals surface area contributed by atoms with Crippen molar-refractivity contribution in [2.45, 2.75) is 67.2 Å². The first-order chi connectivity index (χ1) is 15.8. The molecule has 0 unspecified atom stereocenters. The van der Waals surface area contributed by atoms with Crippen molar-refractivity contribution < 1.29 is 19.2 Å². The van der Waals surface area contributed by atoms with Crippen LogP contribution < -0.4 is 5.32 Å². The van der Waals surface area contributed by atoms with Gasteiger partial charge in [0.25, 0.3) is 0 Å². The highest BCUT2D eigenvalue weighted by Gasteiger charge is 2.43. The summed E-state index contributed by atoms with van der Waals surface area (Å²) in [5.74, 6) is 1.05. The Morgan fingerprint density at radius 2 is 1.32 bits per heavy atom. The predicted octanol–water partition coefficient (Wildman–Crippen LogP) is 5.82. The lowest BCUT2D eigenvalue weighted by Crippen LogP contribution is -2.38. The third-order valence-electron chi connectivity index (χ3n) is 5.98. The average Bonchev–Trinajstić information content (AvgIpc) is 2.72. The van der Waals surface area contributed by atoms with Crippen molar-refractivity contribution >= 4 is 46.8 Å². The van der Waals surface area contributed by atoms with E-state index in [1.54, 1.807) is 36.4 Å². The average molecular weight is 506 g/mol. The molecular weight excluding hydrogens is 466 g/mol. The smallest absolute Gasteiger partial charge is 0.220 e. The highest BCUT2D eigenvalue weighted by molar-refractivity contribution is 8.02. The Morgan fingerprint density at radius 1 is 0.853 bits per heavy atom. The second-order valence-corrected chi connectivity index (χ2v) is 12.0. The van der Waals surface area contributed by atoms with Crippen LogP contribution in [0.2, 0.25) is 0 Å². The molecule has 0 saturated heterocycles. The van der Waals surface area contributed by atoms with Crippen molar-refractivity contribution in [2.75, 3.05) is 18.1 Å². The molecule has 34 heavy (non-hydrogen) atoms. The molecule has 1 rings (SSSR count). The van der Waals surface area contributed by atoms with Gasteiger partial charge >= 0.3 is 0 Å². The lowest BCUT2D eigenvalue weighted by atomic mass is 9.65. The molecule has 0 radical (unpaired) electrons. The monoisotopic (exact) mass is 505 g/mol. The summed E-state index contributed by atoms with van der Waals surface area (Å²) < 4.78 is 0. The predicted molar refractivity (Wildman–Crippen MR) is 145 cm³/mol. The zero-order chi connectivity index (χ0) is 26.1. The van der Waals surface area contributed by atoms with Crippen LogP contribution in [0.1, 0.15) is 67.2 Å². The van der Waals surface area contributed by atoms with E-state index < -0.39 is 10.8 Å². The van der Waals surface area contributed by atoms with Gasteiger partial charge in [-0.05, 0) is 36.8 Å². The van der Waals surface area contributed by atoms with Gasteiger partial charge in [-0.25, -0.2) is 0 Å². The van der Waals surface area contributed by atoms with Crippen LogP contribution in [0.25, 0.3) is 0 Å². The molecule has 0 aromatic heterocycles. The first-order valence-corrected chi connectivity index (χ1v) is 13.7. The fourth-order valence-electron chi connectivity index (χ4n) is 4.56. The maximum atomic E-state index is 13.5. The van der Waals surface area contributed by atoms with E-state index in [2.05, 4.69) is 18.5 Å². The van der Waals surface area contributed by atoms with Crippen LogP contribution in [-0.2, 0) is 19.2 Å². The molecule has 0 saturated carbocycles. The maximum absolute atomic E-state index is 13.5. The van der Waals surface area contributed by atoms with Gasteiger partial charge in [-0.3, -0.25) is 19.2 Å². The number of rotatable bonds is 15. The topological polar surface area (TPSA) is 80.3 Å². The number of thioether (sulfide) groups is 2. The third-order valence-corrected chi connectivity index (χ3v) is 7.41. The number of amides is 1. The molecule has 1 aliphatic rings. The number of hydrogen-bond acceptors (Lipinski definition) is 6. The van der Waals surface area contributed by atoms with E-state index in [9.17, 15) is 19.2 Å². The summed E-state index contributed by atoms with van der Waals surface area (Å²) in [5, 5.41) is 6.34. The Morgan fingerprint density at radius 3 is 1.82 bits per heavy atom. The fourth-order valence-corrected chi connectivity index (χ4v) is 5.43. The lowest BCUT2D eigenvalue weighted by Gasteiger charge is -2.36. The summed E-state index contributed by atoms with van der Waals surface area (Å²) in [6.07, 6.45) is 1.49. The van der Waals surface area contributed by atoms with Crippen LogP contribution in [0.4, 0.5) is 0 Å². The molecule has 1 aliphatic carbocycles. The highest BCUT2D eigenvalue weighted by atomic mass is 32.2. The van der Waals surface area contributed by atoms with Gasteiger partial charge in [-0.15, -0.1) is 23.5 Å². The fraction of sp³-hybridized carbons (Fsp3) is 0.556. The second kappa shape index (κ2) is 13.3.